The van der Waals surface area contributed by atoms with Crippen molar-refractivity contribution in [2.45, 2.75) is 6.54 Å². The molecular weight excluding hydrogens is 290 g/mol. The summed E-state index contributed by atoms with van der Waals surface area (Å²) in [5.74, 6) is 0.816. The van der Waals surface area contributed by atoms with E-state index in [0.29, 0.717) is 5.56 Å². The number of benzene rings is 1. The lowest BCUT2D eigenvalue weighted by Gasteiger charge is -2.32. The molecule has 1 aromatic heterocycles. The monoisotopic (exact) mass is 313 g/mol. The molecule has 0 saturated carbocycles. The van der Waals surface area contributed by atoms with Gasteiger partial charge in [-0.3, -0.25) is 4.79 Å². The molecule has 2 aromatic rings. The molecule has 0 unspecified atom stereocenters. The summed E-state index contributed by atoms with van der Waals surface area (Å²) in [6, 6.07) is 11.5. The number of rotatable bonds is 4. The number of quaternary nitrogens is 1. The van der Waals surface area contributed by atoms with E-state index in [0.717, 1.165) is 38.5 Å². The third-order valence-corrected chi connectivity index (χ3v) is 4.30. The fourth-order valence-corrected chi connectivity index (χ4v) is 2.97. The summed E-state index contributed by atoms with van der Waals surface area (Å²) < 4.78 is 5.20. The molecule has 0 atom stereocenters. The Morgan fingerprint density at radius 3 is 2.78 bits per heavy atom. The molecule has 1 saturated heterocycles. The largest absolute Gasteiger partial charge is 0.497 e. The zero-order valence-corrected chi connectivity index (χ0v) is 13.4. The molecule has 1 fully saturated rings. The molecule has 1 amide bonds. The van der Waals surface area contributed by atoms with Gasteiger partial charge in [-0.05, 0) is 24.3 Å². The van der Waals surface area contributed by atoms with Crippen molar-refractivity contribution < 1.29 is 19.4 Å². The van der Waals surface area contributed by atoms with Gasteiger partial charge in [0.1, 0.15) is 12.3 Å². The Morgan fingerprint density at radius 1 is 1.26 bits per heavy atom. The van der Waals surface area contributed by atoms with Crippen LogP contribution in [0.15, 0.2) is 48.8 Å². The first-order chi connectivity index (χ1) is 11.3. The quantitative estimate of drug-likeness (QED) is 0.867. The van der Waals surface area contributed by atoms with Crippen LogP contribution in [0.2, 0.25) is 0 Å². The van der Waals surface area contributed by atoms with Crippen molar-refractivity contribution in [1.29, 1.82) is 0 Å². The van der Waals surface area contributed by atoms with Crippen molar-refractivity contribution in [3.05, 3.63) is 59.9 Å². The molecule has 1 aliphatic rings. The number of nitrogens with zero attached hydrogens (tertiary/aromatic N) is 1. The van der Waals surface area contributed by atoms with E-state index in [2.05, 4.69) is 11.1 Å². The Morgan fingerprint density at radius 2 is 2.09 bits per heavy atom. The van der Waals surface area contributed by atoms with Crippen molar-refractivity contribution in [1.82, 2.24) is 4.90 Å². The average Bonchev–Trinajstić information content (AvgIpc) is 2.63. The number of ether oxygens (including phenoxy) is 1. The van der Waals surface area contributed by atoms with E-state index >= 15 is 0 Å². The van der Waals surface area contributed by atoms with E-state index in [-0.39, 0.29) is 5.91 Å². The molecule has 0 bridgehead atoms. The molecule has 0 radical (unpaired) electrons. The van der Waals surface area contributed by atoms with Crippen LogP contribution in [0.1, 0.15) is 15.9 Å². The number of amides is 1. The molecule has 2 N–H and O–H groups in total. The van der Waals surface area contributed by atoms with Crippen LogP contribution in [0.4, 0.5) is 0 Å². The summed E-state index contributed by atoms with van der Waals surface area (Å²) in [7, 11) is 1.62. The van der Waals surface area contributed by atoms with Crippen LogP contribution < -0.4 is 14.6 Å². The van der Waals surface area contributed by atoms with Gasteiger partial charge in [-0.1, -0.05) is 6.07 Å². The Balaban J connectivity index is 1.57. The first kappa shape index (κ1) is 15.5. The van der Waals surface area contributed by atoms with Gasteiger partial charge in [0.2, 0.25) is 0 Å². The predicted octanol–water partition coefficient (Wildman–Crippen LogP) is 0.0502. The van der Waals surface area contributed by atoms with E-state index in [9.17, 15) is 4.79 Å². The highest BCUT2D eigenvalue weighted by atomic mass is 16.5. The van der Waals surface area contributed by atoms with Crippen LogP contribution in [0, 0.1) is 0 Å². The summed E-state index contributed by atoms with van der Waals surface area (Å²) in [4.78, 5) is 19.2. The lowest BCUT2D eigenvalue weighted by atomic mass is 10.1. The summed E-state index contributed by atoms with van der Waals surface area (Å²) >= 11 is 0. The first-order valence-electron chi connectivity index (χ1n) is 7.98. The van der Waals surface area contributed by atoms with Crippen LogP contribution in [-0.2, 0) is 6.54 Å². The van der Waals surface area contributed by atoms with E-state index in [1.165, 1.54) is 10.5 Å². The second-order valence-electron chi connectivity index (χ2n) is 5.86. The van der Waals surface area contributed by atoms with Gasteiger partial charge in [-0.2, -0.15) is 0 Å². The van der Waals surface area contributed by atoms with E-state index in [4.69, 9.17) is 4.74 Å². The van der Waals surface area contributed by atoms with E-state index in [1.807, 2.05) is 41.6 Å². The number of carbonyl (C=O) groups is 1. The molecule has 1 aliphatic heterocycles. The number of H-pyrrole nitrogens is 1. The molecule has 5 heteroatoms. The number of hydrogen-bond donors (Lipinski definition) is 1. The Hall–Kier alpha value is -2.40. The van der Waals surface area contributed by atoms with Crippen LogP contribution in [-0.4, -0.2) is 44.1 Å². The van der Waals surface area contributed by atoms with Crippen molar-refractivity contribution >= 4 is 5.91 Å². The number of piperazine rings is 1. The van der Waals surface area contributed by atoms with Crippen LogP contribution >= 0.6 is 0 Å². The zero-order valence-electron chi connectivity index (χ0n) is 13.4. The van der Waals surface area contributed by atoms with Gasteiger partial charge >= 0.3 is 0 Å². The highest BCUT2D eigenvalue weighted by molar-refractivity contribution is 5.94. The average molecular weight is 313 g/mol. The molecule has 2 heterocycles. The van der Waals surface area contributed by atoms with Gasteiger partial charge in [0.15, 0.2) is 12.4 Å². The summed E-state index contributed by atoms with van der Waals surface area (Å²) in [6.45, 7) is 4.54. The van der Waals surface area contributed by atoms with Crippen molar-refractivity contribution in [3.8, 4) is 5.75 Å². The van der Waals surface area contributed by atoms with Crippen LogP contribution in [0.25, 0.3) is 0 Å². The van der Waals surface area contributed by atoms with Gasteiger partial charge < -0.3 is 14.5 Å². The third-order valence-electron chi connectivity index (χ3n) is 4.30. The van der Waals surface area contributed by atoms with E-state index in [1.54, 1.807) is 13.2 Å². The summed E-state index contributed by atoms with van der Waals surface area (Å²) in [5, 5.41) is 0. The minimum atomic E-state index is 0.0935. The number of methoxy groups -OCH3 is 1. The number of nitrogens with one attached hydrogen (secondary N) is 2. The Labute approximate surface area is 136 Å². The van der Waals surface area contributed by atoms with Gasteiger partial charge in [0, 0.05) is 11.6 Å². The second kappa shape index (κ2) is 7.24. The van der Waals surface area contributed by atoms with Gasteiger partial charge in [0.05, 0.1) is 38.9 Å². The lowest BCUT2D eigenvalue weighted by Crippen LogP contribution is -3.13. The van der Waals surface area contributed by atoms with Gasteiger partial charge in [-0.25, -0.2) is 4.98 Å². The summed E-state index contributed by atoms with van der Waals surface area (Å²) in [5.41, 5.74) is 2.00. The maximum atomic E-state index is 12.6. The van der Waals surface area contributed by atoms with Crippen molar-refractivity contribution in [2.75, 3.05) is 33.3 Å². The highest BCUT2D eigenvalue weighted by Gasteiger charge is 2.25. The SMILES string of the molecule is COc1cccc(C(=O)N2CC[NH+](Cc3ccc[nH+]c3)CC2)c1. The molecule has 5 nitrogen and oxygen atoms in total. The fourth-order valence-electron chi connectivity index (χ4n) is 2.97. The van der Waals surface area contributed by atoms with E-state index < -0.39 is 0 Å². The maximum absolute atomic E-state index is 12.6. The lowest BCUT2D eigenvalue weighted by molar-refractivity contribution is -0.917. The Bertz CT molecular complexity index is 652. The van der Waals surface area contributed by atoms with Crippen LogP contribution in [0.3, 0.4) is 0 Å². The smallest absolute Gasteiger partial charge is 0.254 e. The molecule has 1 aromatic carbocycles. The zero-order chi connectivity index (χ0) is 16.1. The summed E-state index contributed by atoms with van der Waals surface area (Å²) in [6.07, 6.45) is 3.96. The second-order valence-corrected chi connectivity index (χ2v) is 5.86. The molecular formula is C18H23N3O2+2. The molecule has 0 spiro atoms. The van der Waals surface area contributed by atoms with Crippen molar-refractivity contribution in [2.24, 2.45) is 0 Å². The van der Waals surface area contributed by atoms with Gasteiger partial charge in [0.25, 0.3) is 5.91 Å². The fraction of sp³-hybridized carbons (Fsp3) is 0.333. The van der Waals surface area contributed by atoms with Crippen LogP contribution in [0.5, 0.6) is 5.75 Å². The molecule has 0 aliphatic carbocycles. The minimum Gasteiger partial charge on any atom is -0.497 e. The minimum absolute atomic E-state index is 0.0935. The Kier molecular flexibility index (Phi) is 4.88. The number of pyridine rings is 1. The standard InChI is InChI=1S/C18H21N3O2/c1-23-17-6-2-5-16(12-17)18(22)21-10-8-20(9-11-21)14-15-4-3-7-19-13-15/h2-7,12-13H,8-11,14H2,1H3/p+2. The molecule has 120 valence electrons. The normalized spacial score (nSPS) is 15.4. The highest BCUT2D eigenvalue weighted by Crippen LogP contribution is 2.14. The van der Waals surface area contributed by atoms with Gasteiger partial charge in [-0.15, -0.1) is 0 Å². The number of aromatic amines is 1. The number of hydrogen-bond acceptors (Lipinski definition) is 2. The molecule has 23 heavy (non-hydrogen) atoms. The topological polar surface area (TPSA) is 48.1 Å². The third kappa shape index (κ3) is 3.87. The number of aromatic nitrogens is 1. The molecule has 3 rings (SSSR count). The first-order valence-corrected chi connectivity index (χ1v) is 7.98. The maximum Gasteiger partial charge on any atom is 0.254 e. The number of carbonyl (C=O) groups excluding carboxylic acids is 1. The predicted molar refractivity (Wildman–Crippen MR) is 86.3 cm³/mol. The van der Waals surface area contributed by atoms with Crippen molar-refractivity contribution in [3.63, 3.8) is 0 Å².